The Bertz CT molecular complexity index is 1510. The molecule has 3 N–H and O–H groups in total. The molecule has 0 aromatic heterocycles. The molecule has 2 aliphatic rings. The number of piperidine rings is 1. The van der Waals surface area contributed by atoms with Gasteiger partial charge in [0.1, 0.15) is 6.04 Å². The summed E-state index contributed by atoms with van der Waals surface area (Å²) in [5.41, 5.74) is 3.76. The van der Waals surface area contributed by atoms with Crippen LogP contribution in [0, 0.1) is 0 Å². The number of imide groups is 1. The summed E-state index contributed by atoms with van der Waals surface area (Å²) in [6, 6.07) is 35.8. The standard InChI is InChI=1S/C36H35N3O3.2CH4O.ClH/c40-34-31-18-10-11-19-32(31)35(41)39(34)33(26-28-14-6-2-7-15-28)36(42)38(29-16-8-3-9-17-29)30-21-24-37(25-22-30)23-20-27-12-4-1-5-13-27;2*1-2;/h1-19,30,33H,20-26H2;2*2H,1H3;1H/t33-;;;/m0.../s1. The molecule has 1 atom stereocenters. The summed E-state index contributed by atoms with van der Waals surface area (Å²) >= 11 is 0. The van der Waals surface area contributed by atoms with E-state index in [9.17, 15) is 14.4 Å². The van der Waals surface area contributed by atoms with Gasteiger partial charge in [-0.25, -0.2) is 0 Å². The van der Waals surface area contributed by atoms with Gasteiger partial charge in [-0.1, -0.05) is 91.0 Å². The Labute approximate surface area is 283 Å². The molecular formula is C38H44ClN3O5. The topological polar surface area (TPSA) is 103 Å². The van der Waals surface area contributed by atoms with Crippen molar-refractivity contribution < 1.29 is 41.9 Å². The van der Waals surface area contributed by atoms with E-state index in [2.05, 4.69) is 24.3 Å². The highest BCUT2D eigenvalue weighted by Crippen LogP contribution is 2.30. The Morgan fingerprint density at radius 2 is 1.17 bits per heavy atom. The smallest absolute Gasteiger partial charge is 0.262 e. The van der Waals surface area contributed by atoms with E-state index in [4.69, 9.17) is 10.2 Å². The third-order valence-corrected chi connectivity index (χ3v) is 8.60. The fourth-order valence-corrected chi connectivity index (χ4v) is 6.37. The van der Waals surface area contributed by atoms with Gasteiger partial charge in [-0.05, 0) is 35.4 Å². The number of likely N-dealkylation sites (tertiary alicyclic amines) is 1. The van der Waals surface area contributed by atoms with Gasteiger partial charge in [0, 0.05) is 51.6 Å². The lowest BCUT2D eigenvalue weighted by molar-refractivity contribution is -0.904. The van der Waals surface area contributed by atoms with Crippen molar-refractivity contribution in [2.75, 3.05) is 38.8 Å². The van der Waals surface area contributed by atoms with Crippen LogP contribution in [0.25, 0.3) is 0 Å². The Balaban J connectivity index is 0.00000116. The third-order valence-electron chi connectivity index (χ3n) is 8.60. The molecule has 0 bridgehead atoms. The molecule has 0 spiro atoms. The fraction of sp³-hybridized carbons (Fsp3) is 0.289. The highest BCUT2D eigenvalue weighted by atomic mass is 35.5. The second-order valence-electron chi connectivity index (χ2n) is 11.2. The van der Waals surface area contributed by atoms with Crippen molar-refractivity contribution in [3.8, 4) is 0 Å². The van der Waals surface area contributed by atoms with Crippen LogP contribution < -0.4 is 22.2 Å². The van der Waals surface area contributed by atoms with Crippen molar-refractivity contribution in [1.29, 1.82) is 0 Å². The number of benzene rings is 4. The molecule has 2 aliphatic heterocycles. The van der Waals surface area contributed by atoms with Gasteiger partial charge in [0.05, 0.1) is 30.8 Å². The lowest BCUT2D eigenvalue weighted by Crippen LogP contribution is -3.13. The minimum atomic E-state index is -0.955. The molecule has 4 aromatic carbocycles. The number of para-hydroxylation sites is 1. The van der Waals surface area contributed by atoms with Crippen molar-refractivity contribution in [2.24, 2.45) is 0 Å². The van der Waals surface area contributed by atoms with Crippen LogP contribution in [0.15, 0.2) is 115 Å². The lowest BCUT2D eigenvalue weighted by Gasteiger charge is -2.39. The molecule has 0 saturated carbocycles. The molecule has 6 rings (SSSR count). The first-order valence-corrected chi connectivity index (χ1v) is 15.8. The molecule has 1 saturated heterocycles. The average Bonchev–Trinajstić information content (AvgIpc) is 3.38. The molecule has 0 unspecified atom stereocenters. The highest BCUT2D eigenvalue weighted by molar-refractivity contribution is 6.23. The van der Waals surface area contributed by atoms with Crippen LogP contribution in [-0.4, -0.2) is 78.8 Å². The first-order chi connectivity index (χ1) is 22.6. The predicted octanol–water partition coefficient (Wildman–Crippen LogP) is 0.438. The number of aliphatic hydroxyl groups is 2. The highest BCUT2D eigenvalue weighted by Gasteiger charge is 2.45. The number of carbonyl (C=O) groups is 3. The van der Waals surface area contributed by atoms with E-state index < -0.39 is 17.9 Å². The van der Waals surface area contributed by atoms with Crippen molar-refractivity contribution in [2.45, 2.75) is 37.8 Å². The summed E-state index contributed by atoms with van der Waals surface area (Å²) in [6.07, 6.45) is 2.99. The Morgan fingerprint density at radius 3 is 1.68 bits per heavy atom. The zero-order valence-electron chi connectivity index (χ0n) is 27.0. The van der Waals surface area contributed by atoms with Crippen LogP contribution in [0.1, 0.15) is 44.7 Å². The number of amides is 3. The third kappa shape index (κ3) is 8.93. The number of nitrogens with zero attached hydrogens (tertiary/aromatic N) is 2. The van der Waals surface area contributed by atoms with Gasteiger partial charge in [0.25, 0.3) is 17.7 Å². The summed E-state index contributed by atoms with van der Waals surface area (Å²) in [4.78, 5) is 46.6. The zero-order chi connectivity index (χ0) is 32.9. The largest absolute Gasteiger partial charge is 1.00 e. The number of rotatable bonds is 9. The number of fused-ring (bicyclic) bond motifs is 1. The number of nitrogens with one attached hydrogen (secondary N) is 1. The maximum atomic E-state index is 14.7. The van der Waals surface area contributed by atoms with Crippen LogP contribution in [0.5, 0.6) is 0 Å². The van der Waals surface area contributed by atoms with E-state index >= 15 is 0 Å². The molecule has 0 aliphatic carbocycles. The maximum Gasteiger partial charge on any atom is 0.262 e. The van der Waals surface area contributed by atoms with Crippen molar-refractivity contribution in [3.05, 3.63) is 138 Å². The van der Waals surface area contributed by atoms with E-state index in [1.54, 1.807) is 24.3 Å². The number of anilines is 1. The average molecular weight is 658 g/mol. The van der Waals surface area contributed by atoms with E-state index in [0.29, 0.717) is 11.1 Å². The van der Waals surface area contributed by atoms with Crippen molar-refractivity contribution >= 4 is 23.4 Å². The van der Waals surface area contributed by atoms with E-state index in [0.717, 1.165) is 64.4 Å². The molecule has 248 valence electrons. The molecule has 3 amide bonds. The molecular weight excluding hydrogens is 614 g/mol. The number of aliphatic hydroxyl groups excluding tert-OH is 2. The second-order valence-corrected chi connectivity index (χ2v) is 11.2. The maximum absolute atomic E-state index is 14.7. The minimum absolute atomic E-state index is 0. The van der Waals surface area contributed by atoms with Gasteiger partial charge in [0.15, 0.2) is 0 Å². The van der Waals surface area contributed by atoms with Crippen LogP contribution in [0.4, 0.5) is 5.69 Å². The van der Waals surface area contributed by atoms with Crippen LogP contribution >= 0.6 is 0 Å². The number of quaternary nitrogens is 1. The van der Waals surface area contributed by atoms with Gasteiger partial charge >= 0.3 is 0 Å². The predicted molar refractivity (Wildman–Crippen MR) is 180 cm³/mol. The van der Waals surface area contributed by atoms with Crippen molar-refractivity contribution in [3.63, 3.8) is 0 Å². The van der Waals surface area contributed by atoms with Crippen molar-refractivity contribution in [1.82, 2.24) is 4.90 Å². The number of hydrogen-bond acceptors (Lipinski definition) is 5. The number of carbonyl (C=O) groups excluding carboxylic acids is 3. The first-order valence-electron chi connectivity index (χ1n) is 15.8. The summed E-state index contributed by atoms with van der Waals surface area (Å²) < 4.78 is 0. The molecule has 2 heterocycles. The summed E-state index contributed by atoms with van der Waals surface area (Å²) in [5.74, 6) is -1.02. The van der Waals surface area contributed by atoms with Gasteiger partial charge in [0.2, 0.25) is 0 Å². The number of halogens is 1. The Kier molecular flexibility index (Phi) is 14.8. The first kappa shape index (κ1) is 37.1. The number of hydrogen-bond donors (Lipinski definition) is 3. The molecule has 4 aromatic rings. The Morgan fingerprint density at radius 1 is 0.723 bits per heavy atom. The van der Waals surface area contributed by atoms with Crippen LogP contribution in [-0.2, 0) is 17.6 Å². The summed E-state index contributed by atoms with van der Waals surface area (Å²) in [7, 11) is 2.00. The van der Waals surface area contributed by atoms with Crippen LogP contribution in [0.3, 0.4) is 0 Å². The second kappa shape index (κ2) is 18.7. The Hall–Kier alpha value is -4.34. The van der Waals surface area contributed by atoms with Gasteiger partial charge in [-0.2, -0.15) is 0 Å². The molecule has 1 fully saturated rings. The molecule has 9 heteroatoms. The SMILES string of the molecule is CO.CO.O=C([C@H](Cc1ccccc1)N1C(=O)c2ccccc2C1=O)N(c1ccccc1)C1CC[NH+](CCc2ccccc2)CC1.[Cl-]. The van der Waals surface area contributed by atoms with Gasteiger partial charge < -0.3 is 32.4 Å². The van der Waals surface area contributed by atoms with Gasteiger partial charge in [-0.15, -0.1) is 0 Å². The molecule has 47 heavy (non-hydrogen) atoms. The lowest BCUT2D eigenvalue weighted by atomic mass is 9.97. The van der Waals surface area contributed by atoms with Crippen LogP contribution in [0.2, 0.25) is 0 Å². The minimum Gasteiger partial charge on any atom is -1.00 e. The van der Waals surface area contributed by atoms with E-state index in [-0.39, 0.29) is 30.8 Å². The fourth-order valence-electron chi connectivity index (χ4n) is 6.37. The zero-order valence-corrected chi connectivity index (χ0v) is 27.7. The van der Waals surface area contributed by atoms with Gasteiger partial charge in [-0.3, -0.25) is 19.3 Å². The monoisotopic (exact) mass is 657 g/mol. The van der Waals surface area contributed by atoms with E-state index in [1.165, 1.54) is 15.4 Å². The van der Waals surface area contributed by atoms with E-state index in [1.807, 2.05) is 71.6 Å². The summed E-state index contributed by atoms with van der Waals surface area (Å²) in [5, 5.41) is 14.0. The quantitative estimate of drug-likeness (QED) is 0.227. The molecule has 0 radical (unpaired) electrons. The normalized spacial score (nSPS) is 17.1. The summed E-state index contributed by atoms with van der Waals surface area (Å²) in [6.45, 7) is 2.98. The molecule has 8 nitrogen and oxygen atoms in total.